The first-order valence-corrected chi connectivity index (χ1v) is 9.06. The third-order valence-electron chi connectivity index (χ3n) is 4.37. The zero-order valence-corrected chi connectivity index (χ0v) is 14.6. The summed E-state index contributed by atoms with van der Waals surface area (Å²) in [4.78, 5) is 6.67. The second-order valence-corrected chi connectivity index (χ2v) is 7.18. The number of fused-ring (bicyclic) bond motifs is 1. The number of nitrogens with zero attached hydrogens (tertiary/aromatic N) is 5. The van der Waals surface area contributed by atoms with Crippen LogP contribution >= 0.6 is 11.3 Å². The fraction of sp³-hybridized carbons (Fsp3) is 0.500. The molecule has 8 heteroatoms. The van der Waals surface area contributed by atoms with Crippen molar-refractivity contribution < 1.29 is 4.42 Å². The maximum Gasteiger partial charge on any atom is 0.257 e. The SMILES string of the molecule is CCc1sc(-c2nnc(CN[C@H]3CCc4ncnn4C3)o2)cc1C. The minimum Gasteiger partial charge on any atom is -0.419 e. The number of hydrogen-bond donors (Lipinski definition) is 1. The van der Waals surface area contributed by atoms with E-state index in [2.05, 4.69) is 45.5 Å². The summed E-state index contributed by atoms with van der Waals surface area (Å²) < 4.78 is 7.78. The predicted octanol–water partition coefficient (Wildman–Crippen LogP) is 2.37. The van der Waals surface area contributed by atoms with Crippen LogP contribution in [-0.4, -0.2) is 31.0 Å². The lowest BCUT2D eigenvalue weighted by atomic mass is 10.1. The van der Waals surface area contributed by atoms with Crippen molar-refractivity contribution >= 4 is 11.3 Å². The van der Waals surface area contributed by atoms with E-state index in [0.29, 0.717) is 24.4 Å². The van der Waals surface area contributed by atoms with E-state index in [1.165, 1.54) is 10.4 Å². The van der Waals surface area contributed by atoms with E-state index < -0.39 is 0 Å². The van der Waals surface area contributed by atoms with Crippen LogP contribution in [0.5, 0.6) is 0 Å². The lowest BCUT2D eigenvalue weighted by Crippen LogP contribution is -2.37. The van der Waals surface area contributed by atoms with E-state index in [0.717, 1.165) is 36.5 Å². The molecule has 0 fully saturated rings. The van der Waals surface area contributed by atoms with E-state index in [-0.39, 0.29) is 0 Å². The van der Waals surface area contributed by atoms with E-state index in [9.17, 15) is 0 Å². The highest BCUT2D eigenvalue weighted by Gasteiger charge is 2.20. The Bertz CT molecular complexity index is 835. The number of aryl methyl sites for hydroxylation is 3. The molecule has 0 spiro atoms. The van der Waals surface area contributed by atoms with Gasteiger partial charge in [0, 0.05) is 17.3 Å². The van der Waals surface area contributed by atoms with Crippen molar-refractivity contribution in [2.45, 2.75) is 52.2 Å². The molecular formula is C16H20N6OS. The van der Waals surface area contributed by atoms with Crippen LogP contribution in [0.2, 0.25) is 0 Å². The Labute approximate surface area is 144 Å². The molecule has 0 aromatic carbocycles. The van der Waals surface area contributed by atoms with Crippen molar-refractivity contribution in [2.75, 3.05) is 0 Å². The lowest BCUT2D eigenvalue weighted by molar-refractivity contribution is 0.342. The summed E-state index contributed by atoms with van der Waals surface area (Å²) in [5.41, 5.74) is 1.29. The molecular weight excluding hydrogens is 324 g/mol. The summed E-state index contributed by atoms with van der Waals surface area (Å²) in [6, 6.07) is 2.48. The van der Waals surface area contributed by atoms with Crippen LogP contribution in [0, 0.1) is 6.92 Å². The number of hydrogen-bond acceptors (Lipinski definition) is 7. The minimum absolute atomic E-state index is 0.352. The van der Waals surface area contributed by atoms with Gasteiger partial charge >= 0.3 is 0 Å². The minimum atomic E-state index is 0.352. The molecule has 7 nitrogen and oxygen atoms in total. The summed E-state index contributed by atoms with van der Waals surface area (Å²) in [5, 5.41) is 16.1. The number of nitrogens with one attached hydrogen (secondary N) is 1. The Morgan fingerprint density at radius 1 is 1.42 bits per heavy atom. The highest BCUT2D eigenvalue weighted by atomic mass is 32.1. The first-order valence-electron chi connectivity index (χ1n) is 8.25. The summed E-state index contributed by atoms with van der Waals surface area (Å²) in [5.74, 6) is 2.30. The smallest absolute Gasteiger partial charge is 0.257 e. The highest BCUT2D eigenvalue weighted by Crippen LogP contribution is 2.30. The Balaban J connectivity index is 1.39. The molecule has 1 atom stereocenters. The molecule has 1 aliphatic rings. The number of thiophene rings is 1. The predicted molar refractivity (Wildman–Crippen MR) is 90.7 cm³/mol. The van der Waals surface area contributed by atoms with Crippen molar-refractivity contribution in [1.29, 1.82) is 0 Å². The van der Waals surface area contributed by atoms with Crippen LogP contribution in [-0.2, 0) is 25.9 Å². The van der Waals surface area contributed by atoms with Crippen LogP contribution in [0.3, 0.4) is 0 Å². The molecule has 0 bridgehead atoms. The van der Waals surface area contributed by atoms with Crippen molar-refractivity contribution in [3.05, 3.63) is 34.5 Å². The van der Waals surface area contributed by atoms with Gasteiger partial charge in [-0.2, -0.15) is 5.10 Å². The monoisotopic (exact) mass is 344 g/mol. The van der Waals surface area contributed by atoms with Crippen LogP contribution in [0.15, 0.2) is 16.8 Å². The maximum absolute atomic E-state index is 5.82. The zero-order chi connectivity index (χ0) is 16.5. The molecule has 1 N–H and O–H groups in total. The molecule has 0 unspecified atom stereocenters. The van der Waals surface area contributed by atoms with Gasteiger partial charge in [-0.15, -0.1) is 21.5 Å². The van der Waals surface area contributed by atoms with Crippen LogP contribution < -0.4 is 5.32 Å². The standard InChI is InChI=1S/C16H20N6OS/c1-3-12-10(2)6-13(24-12)16-21-20-15(23-16)7-17-11-4-5-14-18-9-19-22(14)8-11/h6,9,11,17H,3-5,7-8H2,1-2H3/t11-/m0/s1. The van der Waals surface area contributed by atoms with Gasteiger partial charge in [-0.25, -0.2) is 9.67 Å². The molecule has 24 heavy (non-hydrogen) atoms. The van der Waals surface area contributed by atoms with Gasteiger partial charge in [0.1, 0.15) is 12.2 Å². The molecule has 126 valence electrons. The van der Waals surface area contributed by atoms with E-state index in [1.54, 1.807) is 17.7 Å². The van der Waals surface area contributed by atoms with Gasteiger partial charge in [0.25, 0.3) is 5.89 Å². The molecule has 0 saturated heterocycles. The first-order chi connectivity index (χ1) is 11.7. The Hall–Kier alpha value is -2.06. The number of rotatable bonds is 5. The van der Waals surface area contributed by atoms with Crippen LogP contribution in [0.4, 0.5) is 0 Å². The van der Waals surface area contributed by atoms with Gasteiger partial charge in [-0.05, 0) is 31.4 Å². The van der Waals surface area contributed by atoms with Gasteiger partial charge in [0.15, 0.2) is 0 Å². The summed E-state index contributed by atoms with van der Waals surface area (Å²) >= 11 is 1.73. The summed E-state index contributed by atoms with van der Waals surface area (Å²) in [7, 11) is 0. The van der Waals surface area contributed by atoms with Crippen molar-refractivity contribution in [3.8, 4) is 10.8 Å². The summed E-state index contributed by atoms with van der Waals surface area (Å²) in [6.45, 7) is 5.70. The van der Waals surface area contributed by atoms with Crippen molar-refractivity contribution in [2.24, 2.45) is 0 Å². The van der Waals surface area contributed by atoms with Crippen molar-refractivity contribution in [1.82, 2.24) is 30.3 Å². The fourth-order valence-corrected chi connectivity index (χ4v) is 4.07. The Morgan fingerprint density at radius 3 is 3.17 bits per heavy atom. The second kappa shape index (κ2) is 6.45. The second-order valence-electron chi connectivity index (χ2n) is 6.05. The zero-order valence-electron chi connectivity index (χ0n) is 13.8. The van der Waals surface area contributed by atoms with Gasteiger partial charge < -0.3 is 9.73 Å². The quantitative estimate of drug-likeness (QED) is 0.765. The molecule has 0 saturated carbocycles. The first kappa shape index (κ1) is 15.5. The maximum atomic E-state index is 5.82. The molecule has 3 aromatic heterocycles. The summed E-state index contributed by atoms with van der Waals surface area (Å²) in [6.07, 6.45) is 4.64. The third kappa shape index (κ3) is 2.99. The van der Waals surface area contributed by atoms with E-state index in [4.69, 9.17) is 4.42 Å². The largest absolute Gasteiger partial charge is 0.419 e. The van der Waals surface area contributed by atoms with Gasteiger partial charge in [0.2, 0.25) is 5.89 Å². The van der Waals surface area contributed by atoms with Crippen molar-refractivity contribution in [3.63, 3.8) is 0 Å². The van der Waals surface area contributed by atoms with Crippen LogP contribution in [0.1, 0.15) is 35.5 Å². The third-order valence-corrected chi connectivity index (χ3v) is 5.74. The van der Waals surface area contributed by atoms with Gasteiger partial charge in [-0.1, -0.05) is 6.92 Å². The molecule has 4 heterocycles. The normalized spacial score (nSPS) is 17.2. The average Bonchev–Trinajstić information content (AvgIpc) is 3.31. The van der Waals surface area contributed by atoms with Crippen LogP contribution in [0.25, 0.3) is 10.8 Å². The molecule has 0 amide bonds. The molecule has 0 radical (unpaired) electrons. The topological polar surface area (TPSA) is 81.7 Å². The van der Waals surface area contributed by atoms with Gasteiger partial charge in [0.05, 0.1) is 18.0 Å². The van der Waals surface area contributed by atoms with E-state index in [1.807, 2.05) is 4.68 Å². The number of aromatic nitrogens is 5. The Kier molecular flexibility index (Phi) is 4.15. The lowest BCUT2D eigenvalue weighted by Gasteiger charge is -2.22. The Morgan fingerprint density at radius 2 is 2.33 bits per heavy atom. The molecule has 0 aliphatic carbocycles. The molecule has 3 aromatic rings. The van der Waals surface area contributed by atoms with Gasteiger partial charge in [-0.3, -0.25) is 0 Å². The molecule has 4 rings (SSSR count). The fourth-order valence-electron chi connectivity index (χ4n) is 3.04. The highest BCUT2D eigenvalue weighted by molar-refractivity contribution is 7.15. The van der Waals surface area contributed by atoms with E-state index >= 15 is 0 Å². The average molecular weight is 344 g/mol. The molecule has 1 aliphatic heterocycles.